The number of halogens is 1. The minimum Gasteiger partial charge on any atom is -0.461 e. The molecule has 0 saturated heterocycles. The van der Waals surface area contributed by atoms with E-state index in [1.54, 1.807) is 0 Å². The van der Waals surface area contributed by atoms with Gasteiger partial charge in [-0.2, -0.15) is 0 Å². The predicted molar refractivity (Wildman–Crippen MR) is 137 cm³/mol. The highest BCUT2D eigenvalue weighted by Crippen LogP contribution is 2.18. The second kappa shape index (κ2) is 14.1. The lowest BCUT2D eigenvalue weighted by molar-refractivity contribution is -0.152. The minimum absolute atomic E-state index is 0. The molecule has 0 unspecified atom stereocenters. The van der Waals surface area contributed by atoms with Gasteiger partial charge in [0.05, 0.1) is 6.42 Å². The molecule has 3 aromatic carbocycles. The average Bonchev–Trinajstić information content (AvgIpc) is 2.82. The summed E-state index contributed by atoms with van der Waals surface area (Å²) in [5.41, 5.74) is 13.2. The van der Waals surface area contributed by atoms with Crippen LogP contribution in [0.5, 0.6) is 0 Å². The molecule has 1 amide bonds. The highest BCUT2D eigenvalue weighted by atomic mass is 35.5. The van der Waals surface area contributed by atoms with E-state index in [0.29, 0.717) is 12.8 Å². The molecule has 7 nitrogen and oxygen atoms in total. The fourth-order valence-electron chi connectivity index (χ4n) is 3.65. The summed E-state index contributed by atoms with van der Waals surface area (Å²) in [7, 11) is 0. The predicted octanol–water partition coefficient (Wildman–Crippen LogP) is 3.83. The number of carbonyl (C=O) groups is 3. The van der Waals surface area contributed by atoms with Crippen molar-refractivity contribution in [1.29, 1.82) is 0 Å². The number of nitrogens with two attached hydrogens (primary N) is 2. The molecule has 3 rings (SSSR count). The van der Waals surface area contributed by atoms with Gasteiger partial charge in [0, 0.05) is 12.8 Å². The highest BCUT2D eigenvalue weighted by Gasteiger charge is 2.22. The van der Waals surface area contributed by atoms with Gasteiger partial charge in [0.2, 0.25) is 5.91 Å². The van der Waals surface area contributed by atoms with Crippen molar-refractivity contribution in [3.05, 3.63) is 83.9 Å². The molecule has 0 bridgehead atoms. The van der Waals surface area contributed by atoms with Crippen LogP contribution in [-0.4, -0.2) is 30.0 Å². The van der Waals surface area contributed by atoms with Crippen molar-refractivity contribution < 1.29 is 23.9 Å². The quantitative estimate of drug-likeness (QED) is 0.366. The van der Waals surface area contributed by atoms with Gasteiger partial charge in [0.25, 0.3) is 0 Å². The maximum absolute atomic E-state index is 12.5. The number of rotatable bonds is 12. The molecular formula is C27H31ClN2O5. The van der Waals surface area contributed by atoms with Gasteiger partial charge in [-0.1, -0.05) is 72.8 Å². The molecule has 0 saturated carbocycles. The first-order valence-electron chi connectivity index (χ1n) is 11.3. The number of fused-ring (bicyclic) bond motifs is 1. The van der Waals surface area contributed by atoms with E-state index in [-0.39, 0.29) is 44.2 Å². The van der Waals surface area contributed by atoms with Gasteiger partial charge in [-0.3, -0.25) is 14.4 Å². The molecular weight excluding hydrogens is 468 g/mol. The van der Waals surface area contributed by atoms with E-state index in [1.807, 2.05) is 72.8 Å². The Balaban J connectivity index is 0.00000432. The molecule has 3 aromatic rings. The van der Waals surface area contributed by atoms with E-state index in [9.17, 15) is 14.4 Å². The topological polar surface area (TPSA) is 122 Å². The Morgan fingerprint density at radius 1 is 0.857 bits per heavy atom. The van der Waals surface area contributed by atoms with Crippen LogP contribution in [-0.2, 0) is 36.9 Å². The molecule has 35 heavy (non-hydrogen) atoms. The maximum Gasteiger partial charge on any atom is 0.323 e. The van der Waals surface area contributed by atoms with Crippen LogP contribution >= 0.6 is 12.4 Å². The number of hydrogen-bond acceptors (Lipinski definition) is 6. The third-order valence-corrected chi connectivity index (χ3v) is 5.43. The molecule has 4 N–H and O–H groups in total. The first-order valence-corrected chi connectivity index (χ1v) is 11.3. The van der Waals surface area contributed by atoms with Crippen LogP contribution in [0, 0.1) is 0 Å². The second-order valence-electron chi connectivity index (χ2n) is 8.26. The average molecular weight is 499 g/mol. The molecule has 0 aromatic heterocycles. The van der Waals surface area contributed by atoms with Gasteiger partial charge in [0.1, 0.15) is 18.8 Å². The first-order chi connectivity index (χ1) is 16.4. The van der Waals surface area contributed by atoms with Crippen molar-refractivity contribution in [1.82, 2.24) is 0 Å². The standard InChI is InChI=1S/C27H30N2O5.ClH/c28-24(11-6-12-26(31)33-18-19-7-2-1-3-8-19)27(32)34-23(17-25(29)30)16-20-13-14-21-9-4-5-10-22(21)15-20;/h1-5,7-10,13-15,23-24H,6,11-12,16-18,28H2,(H2,29,30);1H/t23-,24-;/m0./s1. The Kier molecular flexibility index (Phi) is 11.2. The van der Waals surface area contributed by atoms with Crippen molar-refractivity contribution in [2.75, 3.05) is 0 Å². The summed E-state index contributed by atoms with van der Waals surface area (Å²) in [5.74, 6) is -1.54. The number of carbonyl (C=O) groups excluding carboxylic acids is 3. The molecule has 0 aliphatic heterocycles. The zero-order chi connectivity index (χ0) is 24.3. The fourth-order valence-corrected chi connectivity index (χ4v) is 3.65. The van der Waals surface area contributed by atoms with Gasteiger partial charge < -0.3 is 20.9 Å². The van der Waals surface area contributed by atoms with Crippen molar-refractivity contribution in [2.24, 2.45) is 11.5 Å². The zero-order valence-corrected chi connectivity index (χ0v) is 20.2. The van der Waals surface area contributed by atoms with Crippen LogP contribution in [0.1, 0.15) is 36.8 Å². The summed E-state index contributed by atoms with van der Waals surface area (Å²) in [6.45, 7) is 0.206. The summed E-state index contributed by atoms with van der Waals surface area (Å²) in [4.78, 5) is 36.0. The number of ether oxygens (including phenoxy) is 2. The Morgan fingerprint density at radius 3 is 2.26 bits per heavy atom. The zero-order valence-electron chi connectivity index (χ0n) is 19.4. The molecule has 186 valence electrons. The summed E-state index contributed by atoms with van der Waals surface area (Å²) in [5, 5.41) is 2.15. The third-order valence-electron chi connectivity index (χ3n) is 5.43. The van der Waals surface area contributed by atoms with E-state index in [2.05, 4.69) is 0 Å². The Bertz CT molecular complexity index is 1120. The SMILES string of the molecule is Cl.NC(=O)C[C@H](Cc1ccc2ccccc2c1)OC(=O)[C@@H](N)CCCC(=O)OCc1ccccc1. The Labute approximate surface area is 211 Å². The number of benzene rings is 3. The lowest BCUT2D eigenvalue weighted by Crippen LogP contribution is -2.37. The summed E-state index contributed by atoms with van der Waals surface area (Å²) < 4.78 is 10.7. The third kappa shape index (κ3) is 9.39. The normalized spacial score (nSPS) is 12.3. The summed E-state index contributed by atoms with van der Waals surface area (Å²) in [6, 6.07) is 22.3. The van der Waals surface area contributed by atoms with Crippen molar-refractivity contribution >= 4 is 41.0 Å². The number of esters is 2. The molecule has 0 fully saturated rings. The Morgan fingerprint density at radius 2 is 1.54 bits per heavy atom. The lowest BCUT2D eigenvalue weighted by atomic mass is 10.0. The van der Waals surface area contributed by atoms with Crippen LogP contribution in [0.25, 0.3) is 10.8 Å². The number of amides is 1. The smallest absolute Gasteiger partial charge is 0.323 e. The lowest BCUT2D eigenvalue weighted by Gasteiger charge is -2.19. The van der Waals surface area contributed by atoms with Gasteiger partial charge in [-0.15, -0.1) is 12.4 Å². The molecule has 0 radical (unpaired) electrons. The van der Waals surface area contributed by atoms with E-state index in [0.717, 1.165) is 21.9 Å². The molecule has 0 spiro atoms. The van der Waals surface area contributed by atoms with E-state index in [4.69, 9.17) is 20.9 Å². The molecule has 0 aliphatic carbocycles. The van der Waals surface area contributed by atoms with Gasteiger partial charge >= 0.3 is 11.9 Å². The Hall–Kier alpha value is -3.42. The second-order valence-corrected chi connectivity index (χ2v) is 8.26. The van der Waals surface area contributed by atoms with E-state index >= 15 is 0 Å². The van der Waals surface area contributed by atoms with Gasteiger partial charge in [-0.05, 0) is 34.7 Å². The van der Waals surface area contributed by atoms with Crippen molar-refractivity contribution in [3.63, 3.8) is 0 Å². The maximum atomic E-state index is 12.5. The van der Waals surface area contributed by atoms with Gasteiger partial charge in [-0.25, -0.2) is 0 Å². The molecule has 0 heterocycles. The minimum atomic E-state index is -0.908. The molecule has 2 atom stereocenters. The van der Waals surface area contributed by atoms with Crippen LogP contribution in [0.2, 0.25) is 0 Å². The van der Waals surface area contributed by atoms with E-state index in [1.165, 1.54) is 0 Å². The summed E-state index contributed by atoms with van der Waals surface area (Å²) in [6.07, 6.45) is 0.325. The largest absolute Gasteiger partial charge is 0.461 e. The molecule has 0 aliphatic rings. The number of primary amides is 1. The monoisotopic (exact) mass is 498 g/mol. The number of hydrogen-bond donors (Lipinski definition) is 2. The van der Waals surface area contributed by atoms with Crippen LogP contribution in [0.3, 0.4) is 0 Å². The highest BCUT2D eigenvalue weighted by molar-refractivity contribution is 5.85. The van der Waals surface area contributed by atoms with Gasteiger partial charge in [0.15, 0.2) is 0 Å². The van der Waals surface area contributed by atoms with Crippen molar-refractivity contribution in [2.45, 2.75) is 50.9 Å². The van der Waals surface area contributed by atoms with Crippen LogP contribution in [0.4, 0.5) is 0 Å². The van der Waals surface area contributed by atoms with Crippen LogP contribution < -0.4 is 11.5 Å². The molecule has 8 heteroatoms. The summed E-state index contributed by atoms with van der Waals surface area (Å²) >= 11 is 0. The fraction of sp³-hybridized carbons (Fsp3) is 0.296. The van der Waals surface area contributed by atoms with Crippen LogP contribution in [0.15, 0.2) is 72.8 Å². The first kappa shape index (κ1) is 27.8. The van der Waals surface area contributed by atoms with E-state index < -0.39 is 24.0 Å². The van der Waals surface area contributed by atoms with Crippen molar-refractivity contribution in [3.8, 4) is 0 Å².